The number of aryl methyl sites for hydroxylation is 1. The Morgan fingerprint density at radius 3 is 2.89 bits per heavy atom. The van der Waals surface area contributed by atoms with Crippen molar-refractivity contribution >= 4 is 37.8 Å². The largest absolute Gasteiger partial charge is 0.393 e. The van der Waals surface area contributed by atoms with Gasteiger partial charge in [-0.3, -0.25) is 13.7 Å². The first-order valence-electron chi connectivity index (χ1n) is 10.8. The molecule has 186 valence electrons. The maximum atomic E-state index is 13.3. The number of aliphatic hydroxyl groups excluding tert-OH is 1. The highest BCUT2D eigenvalue weighted by Crippen LogP contribution is 2.30. The van der Waals surface area contributed by atoms with E-state index in [9.17, 15) is 18.3 Å². The lowest BCUT2D eigenvalue weighted by molar-refractivity contribution is 0.101. The Hall–Kier alpha value is -2.71. The quantitative estimate of drug-likeness (QED) is 0.329. The minimum absolute atomic E-state index is 0.220. The molecule has 0 amide bonds. The second-order valence-electron chi connectivity index (χ2n) is 8.49. The molecular weight excluding hydrogens is 540 g/mol. The molecule has 2 heterocycles. The highest BCUT2D eigenvalue weighted by atomic mass is 79.9. The second kappa shape index (κ2) is 10.5. The van der Waals surface area contributed by atoms with Gasteiger partial charge in [0, 0.05) is 28.3 Å². The van der Waals surface area contributed by atoms with E-state index in [1.54, 1.807) is 10.7 Å². The third kappa shape index (κ3) is 6.49. The van der Waals surface area contributed by atoms with Crippen molar-refractivity contribution in [3.05, 3.63) is 69.8 Å². The van der Waals surface area contributed by atoms with Crippen molar-refractivity contribution in [1.82, 2.24) is 19.7 Å². The van der Waals surface area contributed by atoms with Gasteiger partial charge in [0.1, 0.15) is 17.8 Å². The molecule has 11 nitrogen and oxygen atoms in total. The van der Waals surface area contributed by atoms with Gasteiger partial charge in [-0.15, -0.1) is 0 Å². The number of halogens is 1. The fourth-order valence-corrected chi connectivity index (χ4v) is 4.92. The van der Waals surface area contributed by atoms with Crippen LogP contribution >= 0.6 is 15.9 Å². The summed E-state index contributed by atoms with van der Waals surface area (Å²) in [6.07, 6.45) is 2.70. The normalized spacial score (nSPS) is 20.2. The third-order valence-electron chi connectivity index (χ3n) is 5.84. The number of hydrogen-bond acceptors (Lipinski definition) is 9. The Morgan fingerprint density at radius 2 is 2.14 bits per heavy atom. The Morgan fingerprint density at radius 1 is 1.34 bits per heavy atom. The smallest absolute Gasteiger partial charge is 0.333 e. The number of aliphatic hydroxyl groups is 1. The van der Waals surface area contributed by atoms with E-state index in [1.807, 2.05) is 31.2 Å². The molecule has 0 bridgehead atoms. The van der Waals surface area contributed by atoms with Crippen LogP contribution in [-0.2, 0) is 21.0 Å². The summed E-state index contributed by atoms with van der Waals surface area (Å²) in [5.74, 6) is -0.450. The molecule has 3 aromatic rings. The Labute approximate surface area is 211 Å². The number of nitrogens with zero attached hydrogens (tertiary/aromatic N) is 4. The highest BCUT2D eigenvalue weighted by molar-refractivity contribution is 9.10. The molecule has 0 saturated heterocycles. The number of ketones is 1. The summed E-state index contributed by atoms with van der Waals surface area (Å²) in [5.41, 5.74) is 2.38. The number of rotatable bonds is 9. The maximum absolute atomic E-state index is 13.3. The molecule has 1 aromatic carbocycles. The first-order chi connectivity index (χ1) is 16.6. The van der Waals surface area contributed by atoms with Gasteiger partial charge in [-0.25, -0.2) is 15.1 Å². The van der Waals surface area contributed by atoms with Gasteiger partial charge in [0.05, 0.1) is 24.8 Å². The number of anilines is 1. The fraction of sp³-hybridized carbons (Fsp3) is 0.364. The molecule has 0 aliphatic heterocycles. The van der Waals surface area contributed by atoms with E-state index in [0.29, 0.717) is 25.2 Å². The van der Waals surface area contributed by atoms with Crippen LogP contribution in [0.1, 0.15) is 40.2 Å². The van der Waals surface area contributed by atoms with Gasteiger partial charge in [-0.2, -0.15) is 13.5 Å². The van der Waals surface area contributed by atoms with Crippen molar-refractivity contribution in [1.29, 1.82) is 0 Å². The molecule has 0 spiro atoms. The SMILES string of the molecule is Cc1cc(C(=O)c2cncnc2NC2CC(O)C(COS(N)(=O)=O)C2)nn1Cc1cccc(Br)c1. The number of carbonyl (C=O) groups excluding carboxylic acids is 1. The predicted molar refractivity (Wildman–Crippen MR) is 131 cm³/mol. The lowest BCUT2D eigenvalue weighted by Gasteiger charge is -2.15. The minimum Gasteiger partial charge on any atom is -0.393 e. The molecular formula is C22H25BrN6O5S. The Kier molecular flexibility index (Phi) is 7.62. The van der Waals surface area contributed by atoms with E-state index in [-0.39, 0.29) is 29.7 Å². The number of benzene rings is 1. The first-order valence-corrected chi connectivity index (χ1v) is 13.1. The van der Waals surface area contributed by atoms with E-state index in [0.717, 1.165) is 15.7 Å². The van der Waals surface area contributed by atoms with Crippen LogP contribution in [-0.4, -0.2) is 57.8 Å². The van der Waals surface area contributed by atoms with Crippen molar-refractivity contribution in [2.24, 2.45) is 11.1 Å². The summed E-state index contributed by atoms with van der Waals surface area (Å²) in [5, 5.41) is 22.8. The van der Waals surface area contributed by atoms with Crippen LogP contribution < -0.4 is 10.5 Å². The summed E-state index contributed by atoms with van der Waals surface area (Å²) < 4.78 is 29.5. The van der Waals surface area contributed by atoms with E-state index < -0.39 is 22.3 Å². The Bertz CT molecular complexity index is 1330. The first kappa shape index (κ1) is 25.4. The standard InChI is InChI=1S/C22H25BrN6O5S/c1-13-5-19(28-29(13)10-14-3-2-4-16(23)6-14)21(31)18-9-25-12-26-22(18)27-17-7-15(20(30)8-17)11-34-35(24,32)33/h2-6,9,12,15,17,20,30H,7-8,10-11H2,1H3,(H2,24,32,33)(H,25,26,27). The lowest BCUT2D eigenvalue weighted by atomic mass is 10.1. The molecule has 1 fully saturated rings. The molecule has 0 radical (unpaired) electrons. The summed E-state index contributed by atoms with van der Waals surface area (Å²) in [6.45, 7) is 2.17. The van der Waals surface area contributed by atoms with Crippen LogP contribution in [0.4, 0.5) is 5.82 Å². The van der Waals surface area contributed by atoms with Crippen molar-refractivity contribution in [2.45, 2.75) is 38.5 Å². The van der Waals surface area contributed by atoms with Crippen molar-refractivity contribution < 1.29 is 22.5 Å². The van der Waals surface area contributed by atoms with E-state index >= 15 is 0 Å². The van der Waals surface area contributed by atoms with Gasteiger partial charge >= 0.3 is 10.3 Å². The topological polar surface area (TPSA) is 162 Å². The van der Waals surface area contributed by atoms with Crippen molar-refractivity contribution in [3.8, 4) is 0 Å². The van der Waals surface area contributed by atoms with Crippen LogP contribution in [0.5, 0.6) is 0 Å². The number of aromatic nitrogens is 4. The van der Waals surface area contributed by atoms with Crippen LogP contribution in [0.25, 0.3) is 0 Å². The molecule has 1 aliphatic rings. The zero-order valence-corrected chi connectivity index (χ0v) is 21.2. The van der Waals surface area contributed by atoms with Crippen molar-refractivity contribution in [3.63, 3.8) is 0 Å². The van der Waals surface area contributed by atoms with Crippen LogP contribution in [0.3, 0.4) is 0 Å². The van der Waals surface area contributed by atoms with Crippen molar-refractivity contribution in [2.75, 3.05) is 11.9 Å². The molecule has 1 aliphatic carbocycles. The third-order valence-corrected chi connectivity index (χ3v) is 6.79. The maximum Gasteiger partial charge on any atom is 0.333 e. The number of nitrogens with two attached hydrogens (primary N) is 1. The number of nitrogens with one attached hydrogen (secondary N) is 1. The van der Waals surface area contributed by atoms with Gasteiger partial charge in [0.15, 0.2) is 0 Å². The monoisotopic (exact) mass is 564 g/mol. The average Bonchev–Trinajstić information content (AvgIpc) is 3.33. The van der Waals surface area contributed by atoms with E-state index in [1.165, 1.54) is 12.5 Å². The average molecular weight is 565 g/mol. The summed E-state index contributed by atoms with van der Waals surface area (Å²) in [6, 6.07) is 9.32. The van der Waals surface area contributed by atoms with Crippen LogP contribution in [0, 0.1) is 12.8 Å². The molecule has 3 unspecified atom stereocenters. The molecule has 4 N–H and O–H groups in total. The zero-order chi connectivity index (χ0) is 25.2. The summed E-state index contributed by atoms with van der Waals surface area (Å²) in [7, 11) is -4.09. The Balaban J connectivity index is 1.48. The van der Waals surface area contributed by atoms with Gasteiger partial charge in [0.2, 0.25) is 5.78 Å². The summed E-state index contributed by atoms with van der Waals surface area (Å²) >= 11 is 3.46. The lowest BCUT2D eigenvalue weighted by Crippen LogP contribution is -2.24. The molecule has 4 rings (SSSR count). The van der Waals surface area contributed by atoms with Gasteiger partial charge in [0.25, 0.3) is 0 Å². The molecule has 2 aromatic heterocycles. The number of hydrogen-bond donors (Lipinski definition) is 3. The van der Waals surface area contributed by atoms with Crippen LogP contribution in [0.15, 0.2) is 47.3 Å². The minimum atomic E-state index is -4.09. The predicted octanol–water partition coefficient (Wildman–Crippen LogP) is 1.79. The van der Waals surface area contributed by atoms with E-state index in [4.69, 9.17) is 5.14 Å². The summed E-state index contributed by atoms with van der Waals surface area (Å²) in [4.78, 5) is 21.5. The molecule has 35 heavy (non-hydrogen) atoms. The van der Waals surface area contributed by atoms with Crippen LogP contribution in [0.2, 0.25) is 0 Å². The second-order valence-corrected chi connectivity index (χ2v) is 10.6. The fourth-order valence-electron chi connectivity index (χ4n) is 4.11. The molecule has 3 atom stereocenters. The molecule has 13 heteroatoms. The number of carbonyl (C=O) groups is 1. The zero-order valence-electron chi connectivity index (χ0n) is 18.8. The highest BCUT2D eigenvalue weighted by Gasteiger charge is 2.35. The van der Waals surface area contributed by atoms with Gasteiger partial charge in [-0.1, -0.05) is 28.1 Å². The van der Waals surface area contributed by atoms with E-state index in [2.05, 4.69) is 40.5 Å². The van der Waals surface area contributed by atoms with Gasteiger partial charge in [-0.05, 0) is 43.5 Å². The van der Waals surface area contributed by atoms with Gasteiger partial charge < -0.3 is 10.4 Å². The molecule has 1 saturated carbocycles.